The van der Waals surface area contributed by atoms with E-state index in [2.05, 4.69) is 6.92 Å². The molecule has 0 aliphatic heterocycles. The number of rotatable bonds is 14. The predicted octanol–water partition coefficient (Wildman–Crippen LogP) is 6.60. The Hall–Kier alpha value is -0.0700. The number of unbranched alkanes of at least 4 members (excludes halogenated alkanes) is 13. The Morgan fingerprint density at radius 2 is 0.941 bits per heavy atom. The van der Waals surface area contributed by atoms with Crippen LogP contribution in [0.3, 0.4) is 0 Å². The van der Waals surface area contributed by atoms with Crippen LogP contribution in [0.2, 0.25) is 0 Å². The fourth-order valence-electron chi connectivity index (χ4n) is 2.24. The van der Waals surface area contributed by atoms with Crippen molar-refractivity contribution in [2.45, 2.75) is 96.8 Å². The van der Waals surface area contributed by atoms with Crippen molar-refractivity contribution in [1.29, 1.82) is 0 Å². The van der Waals surface area contributed by atoms with Gasteiger partial charge in [0.25, 0.3) is 0 Å². The highest BCUT2D eigenvalue weighted by molar-refractivity contribution is 4.51. The molecular weight excluding hydrogens is 211 g/mol. The molecular formula is C16H32F. The molecule has 0 fully saturated rings. The zero-order valence-electron chi connectivity index (χ0n) is 11.9. The minimum absolute atomic E-state index is 0.651. The highest BCUT2D eigenvalue weighted by Crippen LogP contribution is 2.13. The molecule has 0 heterocycles. The Morgan fingerprint density at radius 3 is 1.29 bits per heavy atom. The van der Waals surface area contributed by atoms with Gasteiger partial charge in [-0.05, 0) is 6.42 Å². The molecule has 1 radical (unpaired) electrons. The second-order valence-corrected chi connectivity index (χ2v) is 5.19. The van der Waals surface area contributed by atoms with Crippen molar-refractivity contribution in [3.8, 4) is 0 Å². The topological polar surface area (TPSA) is 0 Å². The van der Waals surface area contributed by atoms with Crippen LogP contribution in [0, 0.1) is 6.67 Å². The van der Waals surface area contributed by atoms with Crippen LogP contribution in [0.15, 0.2) is 0 Å². The van der Waals surface area contributed by atoms with Gasteiger partial charge in [0, 0.05) is 0 Å². The van der Waals surface area contributed by atoms with Gasteiger partial charge >= 0.3 is 0 Å². The van der Waals surface area contributed by atoms with E-state index in [1.807, 2.05) is 0 Å². The molecule has 0 spiro atoms. The highest BCUT2D eigenvalue weighted by atomic mass is 19.1. The molecule has 0 N–H and O–H groups in total. The maximum atomic E-state index is 11.7. The summed E-state index contributed by atoms with van der Waals surface area (Å²) in [6.07, 6.45) is 18.2. The summed E-state index contributed by atoms with van der Waals surface area (Å²) in [6.45, 7) is 3.06. The number of hydrogen-bond donors (Lipinski definition) is 0. The molecule has 0 amide bonds. The van der Waals surface area contributed by atoms with Crippen molar-refractivity contribution in [1.82, 2.24) is 0 Å². The summed E-state index contributed by atoms with van der Waals surface area (Å²) in [5.74, 6) is 0. The third-order valence-corrected chi connectivity index (χ3v) is 3.42. The normalized spacial score (nSPS) is 10.9. The highest BCUT2D eigenvalue weighted by Gasteiger charge is 1.93. The second-order valence-electron chi connectivity index (χ2n) is 5.19. The standard InChI is InChI=1S/C16H32F/c1-2-3-4-5-6-7-8-9-10-11-12-13-14-15-16-17/h16H,2-15H2,1H3. The SMILES string of the molecule is CCCCCCCCCCCCCCC[CH]F. The first-order valence-electron chi connectivity index (χ1n) is 7.83. The van der Waals surface area contributed by atoms with E-state index in [9.17, 15) is 4.39 Å². The van der Waals surface area contributed by atoms with Crippen LogP contribution in [0.1, 0.15) is 96.8 Å². The van der Waals surface area contributed by atoms with Gasteiger partial charge in [0.1, 0.15) is 6.67 Å². The van der Waals surface area contributed by atoms with Crippen molar-refractivity contribution in [2.75, 3.05) is 0 Å². The maximum absolute atomic E-state index is 11.7. The van der Waals surface area contributed by atoms with E-state index in [1.165, 1.54) is 77.0 Å². The molecule has 0 atom stereocenters. The summed E-state index contributed by atoms with van der Waals surface area (Å²) in [5.41, 5.74) is 0. The molecule has 103 valence electrons. The molecule has 0 aromatic carbocycles. The van der Waals surface area contributed by atoms with Crippen LogP contribution >= 0.6 is 0 Å². The minimum Gasteiger partial charge on any atom is -0.244 e. The minimum atomic E-state index is 0.651. The fraction of sp³-hybridized carbons (Fsp3) is 0.938. The lowest BCUT2D eigenvalue weighted by molar-refractivity contribution is 0.518. The summed E-state index contributed by atoms with van der Waals surface area (Å²) < 4.78 is 11.7. The average molecular weight is 243 g/mol. The zero-order chi connectivity index (χ0) is 12.6. The Balaban J connectivity index is 2.85. The van der Waals surface area contributed by atoms with Gasteiger partial charge in [-0.15, -0.1) is 0 Å². The van der Waals surface area contributed by atoms with E-state index in [-0.39, 0.29) is 0 Å². The number of hydrogen-bond acceptors (Lipinski definition) is 0. The summed E-state index contributed by atoms with van der Waals surface area (Å²) in [5, 5.41) is 0. The third kappa shape index (κ3) is 15.9. The van der Waals surface area contributed by atoms with E-state index >= 15 is 0 Å². The van der Waals surface area contributed by atoms with Crippen molar-refractivity contribution < 1.29 is 4.39 Å². The molecule has 0 saturated carbocycles. The van der Waals surface area contributed by atoms with Crippen molar-refractivity contribution in [3.05, 3.63) is 6.67 Å². The van der Waals surface area contributed by atoms with Crippen LogP contribution < -0.4 is 0 Å². The Bertz CT molecular complexity index is 109. The van der Waals surface area contributed by atoms with Gasteiger partial charge in [0.15, 0.2) is 0 Å². The van der Waals surface area contributed by atoms with Crippen LogP contribution in [0.5, 0.6) is 0 Å². The summed E-state index contributed by atoms with van der Waals surface area (Å²) in [7, 11) is 0. The largest absolute Gasteiger partial charge is 0.244 e. The van der Waals surface area contributed by atoms with E-state index in [0.717, 1.165) is 13.1 Å². The van der Waals surface area contributed by atoms with Crippen molar-refractivity contribution >= 4 is 0 Å². The van der Waals surface area contributed by atoms with E-state index in [4.69, 9.17) is 0 Å². The average Bonchev–Trinajstić information content (AvgIpc) is 2.35. The lowest BCUT2D eigenvalue weighted by Gasteiger charge is -2.02. The number of halogens is 1. The van der Waals surface area contributed by atoms with E-state index in [0.29, 0.717) is 6.42 Å². The quantitative estimate of drug-likeness (QED) is 0.301. The molecule has 0 rings (SSSR count). The van der Waals surface area contributed by atoms with Crippen LogP contribution in [0.25, 0.3) is 0 Å². The molecule has 0 aliphatic carbocycles. The van der Waals surface area contributed by atoms with E-state index in [1.54, 1.807) is 0 Å². The van der Waals surface area contributed by atoms with Gasteiger partial charge in [0.05, 0.1) is 0 Å². The summed E-state index contributed by atoms with van der Waals surface area (Å²) >= 11 is 0. The molecule has 0 unspecified atom stereocenters. The summed E-state index contributed by atoms with van der Waals surface area (Å²) in [6, 6.07) is 0. The second kappa shape index (κ2) is 15.9. The molecule has 0 aromatic rings. The van der Waals surface area contributed by atoms with Gasteiger partial charge in [-0.3, -0.25) is 0 Å². The predicted molar refractivity (Wildman–Crippen MR) is 75.7 cm³/mol. The molecule has 0 aliphatic rings. The van der Waals surface area contributed by atoms with Crippen LogP contribution in [-0.4, -0.2) is 0 Å². The molecule has 0 aromatic heterocycles. The third-order valence-electron chi connectivity index (χ3n) is 3.42. The molecule has 0 saturated heterocycles. The molecule has 0 nitrogen and oxygen atoms in total. The fourth-order valence-corrected chi connectivity index (χ4v) is 2.24. The van der Waals surface area contributed by atoms with Crippen molar-refractivity contribution in [2.24, 2.45) is 0 Å². The first-order valence-corrected chi connectivity index (χ1v) is 7.83. The maximum Gasteiger partial charge on any atom is 0.131 e. The van der Waals surface area contributed by atoms with Gasteiger partial charge in [-0.2, -0.15) is 0 Å². The summed E-state index contributed by atoms with van der Waals surface area (Å²) in [4.78, 5) is 0. The Kier molecular flexibility index (Phi) is 15.9. The van der Waals surface area contributed by atoms with Gasteiger partial charge in [0.2, 0.25) is 0 Å². The van der Waals surface area contributed by atoms with Crippen LogP contribution in [-0.2, 0) is 0 Å². The van der Waals surface area contributed by atoms with Gasteiger partial charge in [-0.1, -0.05) is 90.4 Å². The lowest BCUT2D eigenvalue weighted by Crippen LogP contribution is -1.82. The van der Waals surface area contributed by atoms with E-state index < -0.39 is 0 Å². The first-order chi connectivity index (χ1) is 8.41. The first kappa shape index (κ1) is 16.9. The smallest absolute Gasteiger partial charge is 0.131 e. The zero-order valence-corrected chi connectivity index (χ0v) is 11.9. The van der Waals surface area contributed by atoms with Crippen LogP contribution in [0.4, 0.5) is 4.39 Å². The Morgan fingerprint density at radius 1 is 0.588 bits per heavy atom. The molecule has 17 heavy (non-hydrogen) atoms. The van der Waals surface area contributed by atoms with Crippen molar-refractivity contribution in [3.63, 3.8) is 0 Å². The monoisotopic (exact) mass is 243 g/mol. The lowest BCUT2D eigenvalue weighted by atomic mass is 10.0. The molecule has 0 bridgehead atoms. The Labute approximate surface area is 108 Å². The van der Waals surface area contributed by atoms with Gasteiger partial charge < -0.3 is 0 Å². The van der Waals surface area contributed by atoms with Gasteiger partial charge in [-0.25, -0.2) is 4.39 Å². The molecule has 1 heteroatoms.